The van der Waals surface area contributed by atoms with Crippen molar-refractivity contribution in [3.63, 3.8) is 0 Å². The Bertz CT molecular complexity index is 1700. The van der Waals surface area contributed by atoms with Gasteiger partial charge in [-0.3, -0.25) is 9.69 Å². The molecule has 1 aromatic heterocycles. The fourth-order valence-electron chi connectivity index (χ4n) is 5.32. The Morgan fingerprint density at radius 2 is 1.77 bits per heavy atom. The van der Waals surface area contributed by atoms with Crippen molar-refractivity contribution in [2.24, 2.45) is 5.41 Å². The maximum Gasteiger partial charge on any atom is 0.414 e. The molecule has 0 spiro atoms. The van der Waals surface area contributed by atoms with Gasteiger partial charge in [-0.2, -0.15) is 14.1 Å². The zero-order chi connectivity index (χ0) is 30.4. The lowest BCUT2D eigenvalue weighted by molar-refractivity contribution is 0.150. The van der Waals surface area contributed by atoms with Crippen molar-refractivity contribution in [2.45, 2.75) is 38.5 Å². The van der Waals surface area contributed by atoms with Crippen LogP contribution >= 0.6 is 11.6 Å². The second-order valence-corrected chi connectivity index (χ2v) is 14.2. The van der Waals surface area contributed by atoms with Gasteiger partial charge in [-0.1, -0.05) is 36.7 Å². The Labute approximate surface area is 255 Å². The molecule has 1 aliphatic carbocycles. The first-order valence-corrected chi connectivity index (χ1v) is 16.3. The van der Waals surface area contributed by atoms with E-state index < -0.39 is 21.7 Å². The number of aromatic nitrogens is 2. The lowest BCUT2D eigenvalue weighted by atomic mass is 10.2. The Morgan fingerprint density at radius 3 is 2.44 bits per heavy atom. The predicted molar refractivity (Wildman–Crippen MR) is 164 cm³/mol. The number of hydrogen-bond donors (Lipinski definition) is 0. The number of carbonyl (C=O) groups is 1. The molecule has 13 heteroatoms. The molecule has 6 rings (SSSR count). The summed E-state index contributed by atoms with van der Waals surface area (Å²) in [4.78, 5) is 29.3. The summed E-state index contributed by atoms with van der Waals surface area (Å²) >= 11 is 6.16. The summed E-state index contributed by atoms with van der Waals surface area (Å²) in [6, 6.07) is 13.9. The quantitative estimate of drug-likeness (QED) is 0.349. The molecule has 11 nitrogen and oxygen atoms in total. The van der Waals surface area contributed by atoms with Gasteiger partial charge in [0.05, 0.1) is 30.8 Å². The summed E-state index contributed by atoms with van der Waals surface area (Å²) in [5, 5.41) is 4.90. The van der Waals surface area contributed by atoms with Crippen LogP contribution in [-0.4, -0.2) is 74.0 Å². The van der Waals surface area contributed by atoms with E-state index in [4.69, 9.17) is 21.1 Å². The number of cyclic esters (lactones) is 1. The molecule has 228 valence electrons. The highest BCUT2D eigenvalue weighted by Gasteiger charge is 2.39. The fourth-order valence-corrected chi connectivity index (χ4v) is 7.01. The molecule has 0 bridgehead atoms. The van der Waals surface area contributed by atoms with Crippen LogP contribution in [0.25, 0.3) is 5.69 Å². The van der Waals surface area contributed by atoms with Gasteiger partial charge in [0.1, 0.15) is 11.8 Å². The molecule has 3 fully saturated rings. The molecule has 1 atom stereocenters. The first-order chi connectivity index (χ1) is 20.5. The van der Waals surface area contributed by atoms with Crippen LogP contribution in [0.2, 0.25) is 5.02 Å². The monoisotopic (exact) mass is 627 g/mol. The highest BCUT2D eigenvalue weighted by Crippen LogP contribution is 2.45. The molecule has 3 aliphatic rings. The minimum Gasteiger partial charge on any atom is -0.486 e. The van der Waals surface area contributed by atoms with Gasteiger partial charge in [0.2, 0.25) is 15.8 Å². The van der Waals surface area contributed by atoms with Crippen LogP contribution in [0.15, 0.2) is 59.5 Å². The Balaban J connectivity index is 1.18. The van der Waals surface area contributed by atoms with Gasteiger partial charge >= 0.3 is 11.7 Å². The number of benzene rings is 2. The summed E-state index contributed by atoms with van der Waals surface area (Å²) in [7, 11) is -3.65. The minimum absolute atomic E-state index is 0.0469. The molecular weight excluding hydrogens is 594 g/mol. The third-order valence-electron chi connectivity index (χ3n) is 8.14. The van der Waals surface area contributed by atoms with E-state index in [0.717, 1.165) is 12.8 Å². The number of hydrogen-bond acceptors (Lipinski definition) is 8. The normalized spacial score (nSPS) is 20.3. The minimum atomic E-state index is -3.65. The van der Waals surface area contributed by atoms with Gasteiger partial charge in [0.25, 0.3) is 0 Å². The number of halogens is 1. The van der Waals surface area contributed by atoms with Crippen molar-refractivity contribution < 1.29 is 22.7 Å². The van der Waals surface area contributed by atoms with Gasteiger partial charge in [-0.15, -0.1) is 0 Å². The van der Waals surface area contributed by atoms with E-state index in [9.17, 15) is 18.0 Å². The van der Waals surface area contributed by atoms with E-state index in [-0.39, 0.29) is 36.1 Å². The molecule has 0 N–H and O–H groups in total. The van der Waals surface area contributed by atoms with Crippen molar-refractivity contribution >= 4 is 39.1 Å². The lowest BCUT2D eigenvalue weighted by Gasteiger charge is -2.35. The van der Waals surface area contributed by atoms with Gasteiger partial charge in [-0.05, 0) is 55.7 Å². The summed E-state index contributed by atoms with van der Waals surface area (Å²) in [5.41, 5.74) is 1.93. The molecule has 2 aromatic carbocycles. The van der Waals surface area contributed by atoms with Gasteiger partial charge in [0.15, 0.2) is 0 Å². The smallest absolute Gasteiger partial charge is 0.414 e. The number of carbonyl (C=O) groups excluding carboxylic acids is 1. The van der Waals surface area contributed by atoms with Gasteiger partial charge in [-0.25, -0.2) is 13.2 Å². The number of rotatable bonds is 9. The highest BCUT2D eigenvalue weighted by atomic mass is 35.5. The number of ether oxygens (including phenoxy) is 2. The number of sulfonamides is 1. The average molecular weight is 628 g/mol. The second kappa shape index (κ2) is 11.5. The van der Waals surface area contributed by atoms with Gasteiger partial charge in [0, 0.05) is 42.3 Å². The second-order valence-electron chi connectivity index (χ2n) is 11.8. The summed E-state index contributed by atoms with van der Waals surface area (Å²) in [6.45, 7) is 5.99. The first-order valence-electron chi connectivity index (χ1n) is 14.3. The SMILES string of the molecule is CC1CN(c2cccc(CS(=O)(=O)N3CCN(c4cnn(-c5cccc(Cl)c5)c(=O)c4OCC4(C)CC4)CC3)c2)C(=O)O1. The van der Waals surface area contributed by atoms with Crippen LogP contribution in [0.1, 0.15) is 32.3 Å². The number of piperazine rings is 1. The first kappa shape index (κ1) is 29.5. The highest BCUT2D eigenvalue weighted by molar-refractivity contribution is 7.88. The summed E-state index contributed by atoms with van der Waals surface area (Å²) in [6.07, 6.45) is 3.02. The van der Waals surface area contributed by atoms with E-state index in [1.165, 1.54) is 13.9 Å². The van der Waals surface area contributed by atoms with Crippen LogP contribution < -0.4 is 20.1 Å². The number of anilines is 2. The lowest BCUT2D eigenvalue weighted by Crippen LogP contribution is -2.49. The molecule has 1 amide bonds. The zero-order valence-electron chi connectivity index (χ0n) is 24.1. The van der Waals surface area contributed by atoms with Crippen LogP contribution in [0.5, 0.6) is 5.75 Å². The fraction of sp³-hybridized carbons (Fsp3) is 0.433. The third kappa shape index (κ3) is 6.36. The maximum absolute atomic E-state index is 13.6. The molecular formula is C30H34ClN5O6S. The molecule has 3 heterocycles. The van der Waals surface area contributed by atoms with Crippen molar-refractivity contribution in [1.29, 1.82) is 0 Å². The van der Waals surface area contributed by atoms with Crippen molar-refractivity contribution in [3.8, 4) is 11.4 Å². The molecule has 1 unspecified atom stereocenters. The van der Waals surface area contributed by atoms with E-state index in [2.05, 4.69) is 12.0 Å². The third-order valence-corrected chi connectivity index (χ3v) is 10.2. The molecule has 3 aromatic rings. The van der Waals surface area contributed by atoms with Crippen molar-refractivity contribution in [2.75, 3.05) is 49.1 Å². The van der Waals surface area contributed by atoms with Crippen LogP contribution in [-0.2, 0) is 20.5 Å². The van der Waals surface area contributed by atoms with E-state index >= 15 is 0 Å². The maximum atomic E-state index is 13.6. The predicted octanol–water partition coefficient (Wildman–Crippen LogP) is 4.06. The topological polar surface area (TPSA) is 114 Å². The Kier molecular flexibility index (Phi) is 7.86. The molecule has 2 aliphatic heterocycles. The van der Waals surface area contributed by atoms with Crippen LogP contribution in [0.3, 0.4) is 0 Å². The van der Waals surface area contributed by atoms with E-state index in [1.807, 2.05) is 11.8 Å². The van der Waals surface area contributed by atoms with Crippen molar-refractivity contribution in [3.05, 3.63) is 75.7 Å². The summed E-state index contributed by atoms with van der Waals surface area (Å²) in [5.74, 6) is 0.00897. The largest absolute Gasteiger partial charge is 0.486 e. The zero-order valence-corrected chi connectivity index (χ0v) is 25.7. The molecule has 43 heavy (non-hydrogen) atoms. The molecule has 1 saturated carbocycles. The number of amides is 1. The van der Waals surface area contributed by atoms with Crippen LogP contribution in [0, 0.1) is 5.41 Å². The number of nitrogens with zero attached hydrogens (tertiary/aromatic N) is 5. The van der Waals surface area contributed by atoms with E-state index in [0.29, 0.717) is 53.9 Å². The van der Waals surface area contributed by atoms with Crippen molar-refractivity contribution in [1.82, 2.24) is 14.1 Å². The summed E-state index contributed by atoms with van der Waals surface area (Å²) < 4.78 is 41.0. The Hall–Kier alpha value is -3.61. The molecule has 2 saturated heterocycles. The van der Waals surface area contributed by atoms with Gasteiger partial charge < -0.3 is 14.4 Å². The average Bonchev–Trinajstić information content (AvgIpc) is 3.61. The van der Waals surface area contributed by atoms with E-state index in [1.54, 1.807) is 54.7 Å². The van der Waals surface area contributed by atoms with Crippen LogP contribution in [0.4, 0.5) is 16.2 Å². The standard InChI is InChI=1S/C30H34ClN5O6S/c1-21-18-35(29(38)42-21)24-7-3-5-22(15-24)19-43(39,40)34-13-11-33(12-14-34)26-17-32-36(25-8-4-6-23(31)16-25)28(37)27(26)41-20-30(2)9-10-30/h3-8,15-17,21H,9-14,18-20H2,1-2H3. The Morgan fingerprint density at radius 1 is 1.05 bits per heavy atom. The molecule has 0 radical (unpaired) electrons.